The fourth-order valence-corrected chi connectivity index (χ4v) is 4.79. The van der Waals surface area contributed by atoms with E-state index in [1.807, 2.05) is 19.9 Å². The van der Waals surface area contributed by atoms with Gasteiger partial charge in [-0.05, 0) is 48.4 Å². The smallest absolute Gasteiger partial charge is 0.268 e. The van der Waals surface area contributed by atoms with Crippen molar-refractivity contribution in [3.63, 3.8) is 0 Å². The lowest BCUT2D eigenvalue weighted by atomic mass is 9.69. The number of halogens is 3. The Morgan fingerprint density at radius 1 is 1.19 bits per heavy atom. The number of carbonyl (C=O) groups is 1. The first-order chi connectivity index (χ1) is 14.5. The normalized spacial score (nSPS) is 17.6. The minimum absolute atomic E-state index is 0.0857. The van der Waals surface area contributed by atoms with Crippen molar-refractivity contribution < 1.29 is 13.6 Å². The van der Waals surface area contributed by atoms with Crippen LogP contribution in [0.25, 0.3) is 22.2 Å². The molecule has 1 fully saturated rings. The Kier molecular flexibility index (Phi) is 5.12. The molecule has 0 unspecified atom stereocenters. The van der Waals surface area contributed by atoms with Gasteiger partial charge >= 0.3 is 0 Å². The third kappa shape index (κ3) is 3.82. The van der Waals surface area contributed by atoms with E-state index in [0.29, 0.717) is 29.1 Å². The van der Waals surface area contributed by atoms with Crippen molar-refractivity contribution in [3.05, 3.63) is 62.5 Å². The van der Waals surface area contributed by atoms with Crippen LogP contribution in [0.2, 0.25) is 5.02 Å². The number of fused-ring (bicyclic) bond motifs is 1. The van der Waals surface area contributed by atoms with E-state index >= 15 is 0 Å². The number of aromatic amines is 1. The first-order valence-corrected chi connectivity index (χ1v) is 10.4. The Labute approximate surface area is 182 Å². The van der Waals surface area contributed by atoms with Crippen molar-refractivity contribution in [2.45, 2.75) is 50.9 Å². The number of alkyl halides is 2. The molecule has 3 N–H and O–H groups in total. The standard InChI is InChI=1S/C23H22ClF2N3O2/c1-12-9-14(22(2)4-6-23(25,26)7-5-22)15(24)10-13(12)17-11-18(30)19-16(29-17)3-8-28-20(19)21(27)31/h3,8-11H,4-7H2,1-2H3,(H2,27,31)(H,29,30). The molecule has 2 aromatic heterocycles. The fraction of sp³-hybridized carbons (Fsp3) is 0.348. The van der Waals surface area contributed by atoms with Crippen LogP contribution in [0.3, 0.4) is 0 Å². The molecule has 162 valence electrons. The number of primary amides is 1. The number of hydrogen-bond donors (Lipinski definition) is 2. The predicted octanol–water partition coefficient (Wildman–Crippen LogP) is 5.12. The van der Waals surface area contributed by atoms with Gasteiger partial charge in [0.05, 0.1) is 16.6 Å². The van der Waals surface area contributed by atoms with Gasteiger partial charge in [-0.25, -0.2) is 8.78 Å². The first kappa shape index (κ1) is 21.4. The number of nitrogens with two attached hydrogens (primary N) is 1. The van der Waals surface area contributed by atoms with Crippen LogP contribution in [-0.2, 0) is 5.41 Å². The third-order valence-electron chi connectivity index (χ3n) is 6.32. The van der Waals surface area contributed by atoms with E-state index in [1.54, 1.807) is 12.1 Å². The molecule has 1 aliphatic rings. The molecule has 0 atom stereocenters. The highest BCUT2D eigenvalue weighted by atomic mass is 35.5. The lowest BCUT2D eigenvalue weighted by Crippen LogP contribution is -2.34. The van der Waals surface area contributed by atoms with Crippen molar-refractivity contribution >= 4 is 28.4 Å². The number of amides is 1. The first-order valence-electron chi connectivity index (χ1n) is 10.0. The molecular formula is C23H22ClF2N3O2. The van der Waals surface area contributed by atoms with Crippen LogP contribution in [0, 0.1) is 6.92 Å². The Morgan fingerprint density at radius 3 is 2.52 bits per heavy atom. The summed E-state index contributed by atoms with van der Waals surface area (Å²) in [6.45, 7) is 3.86. The number of aryl methyl sites for hydroxylation is 1. The minimum Gasteiger partial charge on any atom is -0.364 e. The topological polar surface area (TPSA) is 88.8 Å². The van der Waals surface area contributed by atoms with Crippen LogP contribution in [0.1, 0.15) is 54.2 Å². The Hall–Kier alpha value is -2.80. The summed E-state index contributed by atoms with van der Waals surface area (Å²) in [7, 11) is 0. The van der Waals surface area contributed by atoms with Crippen molar-refractivity contribution in [3.8, 4) is 11.3 Å². The molecule has 0 spiro atoms. The average Bonchev–Trinajstić information content (AvgIpc) is 2.71. The van der Waals surface area contributed by atoms with Gasteiger partial charge in [0.1, 0.15) is 5.69 Å². The maximum Gasteiger partial charge on any atom is 0.268 e. The molecule has 5 nitrogen and oxygen atoms in total. The van der Waals surface area contributed by atoms with Crippen LogP contribution < -0.4 is 11.2 Å². The lowest BCUT2D eigenvalue weighted by Gasteiger charge is -2.38. The van der Waals surface area contributed by atoms with E-state index in [9.17, 15) is 18.4 Å². The summed E-state index contributed by atoms with van der Waals surface area (Å²) >= 11 is 6.62. The number of rotatable bonds is 3. The van der Waals surface area contributed by atoms with Crippen LogP contribution in [-0.4, -0.2) is 21.8 Å². The van der Waals surface area contributed by atoms with Gasteiger partial charge in [0.25, 0.3) is 5.91 Å². The molecule has 31 heavy (non-hydrogen) atoms. The SMILES string of the molecule is Cc1cc(C2(C)CCC(F)(F)CC2)c(Cl)cc1-c1cc(=O)c2c(C(N)=O)nccc2[nH]1. The second-order valence-corrected chi connectivity index (χ2v) is 8.96. The quantitative estimate of drug-likeness (QED) is 0.586. The van der Waals surface area contributed by atoms with E-state index in [4.69, 9.17) is 17.3 Å². The molecule has 1 aromatic carbocycles. The van der Waals surface area contributed by atoms with E-state index in [2.05, 4.69) is 9.97 Å². The summed E-state index contributed by atoms with van der Waals surface area (Å²) in [5.41, 5.74) is 7.83. The highest BCUT2D eigenvalue weighted by molar-refractivity contribution is 6.31. The minimum atomic E-state index is -2.62. The molecule has 1 amide bonds. The molecule has 1 saturated carbocycles. The molecule has 0 saturated heterocycles. The van der Waals surface area contributed by atoms with Gasteiger partial charge in [0.15, 0.2) is 5.43 Å². The lowest BCUT2D eigenvalue weighted by molar-refractivity contribution is -0.0497. The Balaban J connectivity index is 1.80. The molecule has 1 aliphatic carbocycles. The number of pyridine rings is 2. The van der Waals surface area contributed by atoms with Crippen molar-refractivity contribution in [2.24, 2.45) is 5.73 Å². The number of nitrogens with zero attached hydrogens (tertiary/aromatic N) is 1. The maximum atomic E-state index is 13.7. The molecule has 3 aromatic rings. The summed E-state index contributed by atoms with van der Waals surface area (Å²) in [4.78, 5) is 31.4. The number of hydrogen-bond acceptors (Lipinski definition) is 3. The van der Waals surface area contributed by atoms with E-state index in [0.717, 1.165) is 16.7 Å². The van der Waals surface area contributed by atoms with E-state index in [-0.39, 0.29) is 29.4 Å². The molecule has 4 rings (SSSR count). The van der Waals surface area contributed by atoms with Gasteiger partial charge in [-0.2, -0.15) is 0 Å². The van der Waals surface area contributed by atoms with Gasteiger partial charge in [-0.15, -0.1) is 0 Å². The largest absolute Gasteiger partial charge is 0.364 e. The summed E-state index contributed by atoms with van der Waals surface area (Å²) in [6, 6.07) is 6.67. The average molecular weight is 446 g/mol. The molecule has 0 bridgehead atoms. The van der Waals surface area contributed by atoms with E-state index < -0.39 is 17.2 Å². The number of benzene rings is 1. The highest BCUT2D eigenvalue weighted by Crippen LogP contribution is 2.47. The number of nitrogens with one attached hydrogen (secondary N) is 1. The molecule has 2 heterocycles. The summed E-state index contributed by atoms with van der Waals surface area (Å²) < 4.78 is 27.3. The van der Waals surface area contributed by atoms with Gasteiger partial charge in [-0.3, -0.25) is 14.6 Å². The number of aromatic nitrogens is 2. The second-order valence-electron chi connectivity index (χ2n) is 8.56. The Bertz CT molecular complexity index is 1260. The molecule has 0 aliphatic heterocycles. The molecular weight excluding hydrogens is 424 g/mol. The summed E-state index contributed by atoms with van der Waals surface area (Å²) in [6.07, 6.45) is 1.80. The van der Waals surface area contributed by atoms with Crippen LogP contribution in [0.4, 0.5) is 8.78 Å². The van der Waals surface area contributed by atoms with Crippen LogP contribution in [0.15, 0.2) is 35.3 Å². The van der Waals surface area contributed by atoms with Gasteiger partial charge in [0, 0.05) is 35.7 Å². The molecule has 8 heteroatoms. The zero-order valence-electron chi connectivity index (χ0n) is 17.2. The summed E-state index contributed by atoms with van der Waals surface area (Å²) in [5.74, 6) is -3.40. The number of carbonyl (C=O) groups excluding carboxylic acids is 1. The van der Waals surface area contributed by atoms with E-state index in [1.165, 1.54) is 12.3 Å². The predicted molar refractivity (Wildman–Crippen MR) is 117 cm³/mol. The molecule has 0 radical (unpaired) electrons. The zero-order chi connectivity index (χ0) is 22.6. The second kappa shape index (κ2) is 7.41. The van der Waals surface area contributed by atoms with Crippen LogP contribution >= 0.6 is 11.6 Å². The fourth-order valence-electron chi connectivity index (χ4n) is 4.40. The number of H-pyrrole nitrogens is 1. The van der Waals surface area contributed by atoms with Crippen molar-refractivity contribution in [1.82, 2.24) is 9.97 Å². The van der Waals surface area contributed by atoms with Crippen molar-refractivity contribution in [2.75, 3.05) is 0 Å². The van der Waals surface area contributed by atoms with Gasteiger partial charge in [-0.1, -0.05) is 24.6 Å². The Morgan fingerprint density at radius 2 is 1.87 bits per heavy atom. The summed E-state index contributed by atoms with van der Waals surface area (Å²) in [5, 5.41) is 0.608. The zero-order valence-corrected chi connectivity index (χ0v) is 17.9. The third-order valence-corrected chi connectivity index (χ3v) is 6.63. The van der Waals surface area contributed by atoms with Gasteiger partial charge in [0.2, 0.25) is 5.92 Å². The highest BCUT2D eigenvalue weighted by Gasteiger charge is 2.42. The maximum absolute atomic E-state index is 13.7. The van der Waals surface area contributed by atoms with Crippen LogP contribution in [0.5, 0.6) is 0 Å². The van der Waals surface area contributed by atoms with Gasteiger partial charge < -0.3 is 10.7 Å². The van der Waals surface area contributed by atoms with Crippen molar-refractivity contribution in [1.29, 1.82) is 0 Å². The monoisotopic (exact) mass is 445 g/mol.